The first kappa shape index (κ1) is 14.7. The summed E-state index contributed by atoms with van der Waals surface area (Å²) in [7, 11) is 0. The number of aryl methyl sites for hydroxylation is 2. The first-order chi connectivity index (χ1) is 8.49. The molecule has 3 N–H and O–H groups in total. The highest BCUT2D eigenvalue weighted by Crippen LogP contribution is 2.11. The minimum absolute atomic E-state index is 0.277. The zero-order valence-electron chi connectivity index (χ0n) is 11.6. The minimum Gasteiger partial charge on any atom is -0.368 e. The van der Waals surface area contributed by atoms with Gasteiger partial charge < -0.3 is 11.1 Å². The summed E-state index contributed by atoms with van der Waals surface area (Å²) >= 11 is 0. The zero-order chi connectivity index (χ0) is 13.6. The molecular formula is C15H24N2O. The SMILES string of the molecule is CCC(C)(NCCCc1ccccc1C)C(N)=O. The second kappa shape index (κ2) is 6.55. The molecule has 1 aromatic carbocycles. The highest BCUT2D eigenvalue weighted by molar-refractivity contribution is 5.84. The van der Waals surface area contributed by atoms with Crippen molar-refractivity contribution >= 4 is 5.91 Å². The Kier molecular flexibility index (Phi) is 5.35. The Labute approximate surface area is 110 Å². The Morgan fingerprint density at radius 1 is 1.39 bits per heavy atom. The first-order valence-corrected chi connectivity index (χ1v) is 6.59. The number of carbonyl (C=O) groups excluding carboxylic acids is 1. The van der Waals surface area contributed by atoms with E-state index in [2.05, 4.69) is 36.5 Å². The van der Waals surface area contributed by atoms with Gasteiger partial charge in [0.25, 0.3) is 0 Å². The van der Waals surface area contributed by atoms with Crippen molar-refractivity contribution in [3.05, 3.63) is 35.4 Å². The van der Waals surface area contributed by atoms with Gasteiger partial charge in [-0.1, -0.05) is 31.2 Å². The van der Waals surface area contributed by atoms with E-state index >= 15 is 0 Å². The van der Waals surface area contributed by atoms with Gasteiger partial charge >= 0.3 is 0 Å². The summed E-state index contributed by atoms with van der Waals surface area (Å²) in [4.78, 5) is 11.3. The number of rotatable bonds is 7. The molecule has 0 bridgehead atoms. The van der Waals surface area contributed by atoms with Crippen LogP contribution in [0.3, 0.4) is 0 Å². The minimum atomic E-state index is -0.578. The summed E-state index contributed by atoms with van der Waals surface area (Å²) in [6.45, 7) is 6.77. The van der Waals surface area contributed by atoms with Gasteiger partial charge in [-0.2, -0.15) is 0 Å². The van der Waals surface area contributed by atoms with Gasteiger partial charge in [-0.3, -0.25) is 4.79 Å². The third-order valence-corrected chi connectivity index (χ3v) is 3.65. The van der Waals surface area contributed by atoms with E-state index in [0.717, 1.165) is 19.4 Å². The second-order valence-corrected chi connectivity index (χ2v) is 5.01. The zero-order valence-corrected chi connectivity index (χ0v) is 11.6. The van der Waals surface area contributed by atoms with Crippen molar-refractivity contribution in [2.75, 3.05) is 6.54 Å². The van der Waals surface area contributed by atoms with E-state index in [1.807, 2.05) is 13.8 Å². The molecule has 0 fully saturated rings. The lowest BCUT2D eigenvalue weighted by molar-refractivity contribution is -0.123. The summed E-state index contributed by atoms with van der Waals surface area (Å²) < 4.78 is 0. The summed E-state index contributed by atoms with van der Waals surface area (Å²) in [6.07, 6.45) is 2.75. The van der Waals surface area contributed by atoms with Crippen LogP contribution in [0.1, 0.15) is 37.8 Å². The molecule has 100 valence electrons. The number of carbonyl (C=O) groups is 1. The maximum atomic E-state index is 11.3. The molecule has 0 aromatic heterocycles. The number of amides is 1. The lowest BCUT2D eigenvalue weighted by Crippen LogP contribution is -2.52. The quantitative estimate of drug-likeness (QED) is 0.727. The molecule has 0 heterocycles. The van der Waals surface area contributed by atoms with E-state index in [9.17, 15) is 4.79 Å². The standard InChI is InChI=1S/C15H24N2O/c1-4-15(3,14(16)18)17-11-7-10-13-9-6-5-8-12(13)2/h5-6,8-9,17H,4,7,10-11H2,1-3H3,(H2,16,18). The van der Waals surface area contributed by atoms with Crippen molar-refractivity contribution in [1.29, 1.82) is 0 Å². The van der Waals surface area contributed by atoms with Crippen LogP contribution in [0, 0.1) is 6.92 Å². The summed E-state index contributed by atoms with van der Waals surface area (Å²) in [6, 6.07) is 8.40. The Bertz CT molecular complexity index is 403. The Balaban J connectivity index is 2.39. The van der Waals surface area contributed by atoms with Gasteiger partial charge in [-0.25, -0.2) is 0 Å². The average molecular weight is 248 g/mol. The normalized spacial score (nSPS) is 14.2. The van der Waals surface area contributed by atoms with Crippen LogP contribution in [0.4, 0.5) is 0 Å². The van der Waals surface area contributed by atoms with Gasteiger partial charge in [-0.15, -0.1) is 0 Å². The van der Waals surface area contributed by atoms with Crippen molar-refractivity contribution in [3.63, 3.8) is 0 Å². The highest BCUT2D eigenvalue weighted by Gasteiger charge is 2.27. The maximum absolute atomic E-state index is 11.3. The van der Waals surface area contributed by atoms with E-state index < -0.39 is 5.54 Å². The van der Waals surface area contributed by atoms with Gasteiger partial charge in [0.05, 0.1) is 5.54 Å². The molecule has 18 heavy (non-hydrogen) atoms. The topological polar surface area (TPSA) is 55.1 Å². The number of nitrogens with two attached hydrogens (primary N) is 1. The predicted molar refractivity (Wildman–Crippen MR) is 75.4 cm³/mol. The Morgan fingerprint density at radius 2 is 2.06 bits per heavy atom. The fourth-order valence-electron chi connectivity index (χ4n) is 1.92. The third-order valence-electron chi connectivity index (χ3n) is 3.65. The van der Waals surface area contributed by atoms with Crippen LogP contribution in [0.2, 0.25) is 0 Å². The molecule has 0 aliphatic rings. The number of nitrogens with one attached hydrogen (secondary N) is 1. The number of hydrogen-bond acceptors (Lipinski definition) is 2. The second-order valence-electron chi connectivity index (χ2n) is 5.01. The van der Waals surface area contributed by atoms with Crippen molar-refractivity contribution < 1.29 is 4.79 Å². The number of primary amides is 1. The van der Waals surface area contributed by atoms with Gasteiger partial charge in [0.2, 0.25) is 5.91 Å². The molecule has 0 spiro atoms. The van der Waals surface area contributed by atoms with Crippen molar-refractivity contribution in [1.82, 2.24) is 5.32 Å². The predicted octanol–water partition coefficient (Wildman–Crippen LogP) is 2.17. The van der Waals surface area contributed by atoms with Crippen LogP contribution >= 0.6 is 0 Å². The fourth-order valence-corrected chi connectivity index (χ4v) is 1.92. The monoisotopic (exact) mass is 248 g/mol. The van der Waals surface area contributed by atoms with Crippen LogP contribution in [-0.4, -0.2) is 18.0 Å². The van der Waals surface area contributed by atoms with Crippen molar-refractivity contribution in [3.8, 4) is 0 Å². The Morgan fingerprint density at radius 3 is 2.61 bits per heavy atom. The Hall–Kier alpha value is -1.35. The van der Waals surface area contributed by atoms with Crippen LogP contribution in [0.25, 0.3) is 0 Å². The summed E-state index contributed by atoms with van der Waals surface area (Å²) in [5.41, 5.74) is 7.52. The molecule has 0 aliphatic carbocycles. The molecule has 0 radical (unpaired) electrons. The van der Waals surface area contributed by atoms with Gasteiger partial charge in [0.1, 0.15) is 0 Å². The molecule has 3 nitrogen and oxygen atoms in total. The third kappa shape index (κ3) is 3.84. The molecule has 0 aliphatic heterocycles. The molecule has 1 aromatic rings. The van der Waals surface area contributed by atoms with E-state index in [0.29, 0.717) is 6.42 Å². The molecule has 1 amide bonds. The molecule has 3 heteroatoms. The summed E-state index contributed by atoms with van der Waals surface area (Å²) in [5.74, 6) is -0.277. The summed E-state index contributed by atoms with van der Waals surface area (Å²) in [5, 5.41) is 3.26. The number of benzene rings is 1. The lowest BCUT2D eigenvalue weighted by atomic mass is 9.97. The molecule has 1 atom stereocenters. The molecule has 0 saturated carbocycles. The van der Waals surface area contributed by atoms with Gasteiger partial charge in [0, 0.05) is 0 Å². The average Bonchev–Trinajstić information content (AvgIpc) is 2.36. The van der Waals surface area contributed by atoms with E-state index in [1.165, 1.54) is 11.1 Å². The van der Waals surface area contributed by atoms with Crippen LogP contribution < -0.4 is 11.1 Å². The van der Waals surface area contributed by atoms with Gasteiger partial charge in [-0.05, 0) is 50.8 Å². The fraction of sp³-hybridized carbons (Fsp3) is 0.533. The molecule has 1 unspecified atom stereocenters. The first-order valence-electron chi connectivity index (χ1n) is 6.59. The van der Waals surface area contributed by atoms with Crippen molar-refractivity contribution in [2.45, 2.75) is 45.6 Å². The van der Waals surface area contributed by atoms with Crippen LogP contribution in [-0.2, 0) is 11.2 Å². The van der Waals surface area contributed by atoms with Crippen LogP contribution in [0.15, 0.2) is 24.3 Å². The number of hydrogen-bond donors (Lipinski definition) is 2. The van der Waals surface area contributed by atoms with Gasteiger partial charge in [0.15, 0.2) is 0 Å². The largest absolute Gasteiger partial charge is 0.368 e. The molecule has 1 rings (SSSR count). The lowest BCUT2D eigenvalue weighted by Gasteiger charge is -2.26. The molecular weight excluding hydrogens is 224 g/mol. The van der Waals surface area contributed by atoms with E-state index in [1.54, 1.807) is 0 Å². The maximum Gasteiger partial charge on any atom is 0.237 e. The smallest absolute Gasteiger partial charge is 0.237 e. The van der Waals surface area contributed by atoms with E-state index in [4.69, 9.17) is 5.73 Å². The van der Waals surface area contributed by atoms with E-state index in [-0.39, 0.29) is 5.91 Å². The van der Waals surface area contributed by atoms with Crippen LogP contribution in [0.5, 0.6) is 0 Å². The highest BCUT2D eigenvalue weighted by atomic mass is 16.1. The van der Waals surface area contributed by atoms with Crippen molar-refractivity contribution in [2.24, 2.45) is 5.73 Å². The molecule has 0 saturated heterocycles.